The molecule has 0 aliphatic rings. The molecule has 1 aromatic rings. The molecule has 17 heavy (non-hydrogen) atoms. The maximum Gasteiger partial charge on any atom is 0.148 e. The quantitative estimate of drug-likeness (QED) is 0.851. The zero-order valence-corrected chi connectivity index (χ0v) is 11.3. The van der Waals surface area contributed by atoms with Gasteiger partial charge in [0.25, 0.3) is 0 Å². The average Bonchev–Trinajstić information content (AvgIpc) is 2.14. The number of ether oxygens (including phenoxy) is 1. The number of sulfone groups is 1. The lowest BCUT2D eigenvalue weighted by Crippen LogP contribution is -2.31. The molecule has 0 aromatic heterocycles. The van der Waals surface area contributed by atoms with Gasteiger partial charge in [-0.15, -0.1) is 0 Å². The highest BCUT2D eigenvalue weighted by Crippen LogP contribution is 2.21. The molecule has 0 saturated heterocycles. The van der Waals surface area contributed by atoms with Crippen molar-refractivity contribution < 1.29 is 13.2 Å². The highest BCUT2D eigenvalue weighted by atomic mass is 32.2. The van der Waals surface area contributed by atoms with Crippen molar-refractivity contribution in [3.8, 4) is 5.75 Å². The summed E-state index contributed by atoms with van der Waals surface area (Å²) in [4.78, 5) is 0. The number of hydrogen-bond donors (Lipinski definition) is 1. The molecule has 1 unspecified atom stereocenters. The first-order valence-corrected chi connectivity index (χ1v) is 7.44. The second kappa shape index (κ2) is 5.51. The van der Waals surface area contributed by atoms with E-state index in [0.29, 0.717) is 6.42 Å². The summed E-state index contributed by atoms with van der Waals surface area (Å²) in [6.07, 6.45) is 1.69. The maximum atomic E-state index is 11.1. The van der Waals surface area contributed by atoms with Crippen LogP contribution in [0.1, 0.15) is 11.1 Å². The lowest BCUT2D eigenvalue weighted by Gasteiger charge is -2.14. The number of rotatable bonds is 5. The summed E-state index contributed by atoms with van der Waals surface area (Å²) in [5.74, 6) is 0.740. The third kappa shape index (κ3) is 4.75. The molecule has 0 fully saturated rings. The van der Waals surface area contributed by atoms with Gasteiger partial charge in [-0.3, -0.25) is 0 Å². The smallest absolute Gasteiger partial charge is 0.148 e. The van der Waals surface area contributed by atoms with Gasteiger partial charge in [0.2, 0.25) is 0 Å². The Hall–Kier alpha value is -1.07. The summed E-state index contributed by atoms with van der Waals surface area (Å²) >= 11 is 0. The number of hydrogen-bond acceptors (Lipinski definition) is 4. The summed E-state index contributed by atoms with van der Waals surface area (Å²) in [6, 6.07) is 5.39. The maximum absolute atomic E-state index is 11.1. The van der Waals surface area contributed by atoms with Crippen molar-refractivity contribution >= 4 is 9.84 Å². The Kier molecular flexibility index (Phi) is 4.54. The van der Waals surface area contributed by atoms with E-state index in [0.717, 1.165) is 16.9 Å². The van der Waals surface area contributed by atoms with E-state index in [-0.39, 0.29) is 5.75 Å². The molecule has 5 heteroatoms. The molecular weight excluding hydrogens is 238 g/mol. The highest BCUT2D eigenvalue weighted by molar-refractivity contribution is 7.90. The lowest BCUT2D eigenvalue weighted by atomic mass is 10.0. The fourth-order valence-corrected chi connectivity index (χ4v) is 2.69. The Labute approximate surface area is 103 Å². The van der Waals surface area contributed by atoms with Crippen molar-refractivity contribution in [1.82, 2.24) is 0 Å². The molecule has 0 aliphatic carbocycles. The van der Waals surface area contributed by atoms with Crippen molar-refractivity contribution in [2.75, 3.05) is 19.1 Å². The van der Waals surface area contributed by atoms with E-state index in [2.05, 4.69) is 0 Å². The van der Waals surface area contributed by atoms with Crippen LogP contribution < -0.4 is 10.5 Å². The lowest BCUT2D eigenvalue weighted by molar-refractivity contribution is 0.408. The van der Waals surface area contributed by atoms with Crippen molar-refractivity contribution in [1.29, 1.82) is 0 Å². The minimum atomic E-state index is -3.04. The third-order valence-corrected chi connectivity index (χ3v) is 3.47. The van der Waals surface area contributed by atoms with Gasteiger partial charge in [0.05, 0.1) is 12.9 Å². The highest BCUT2D eigenvalue weighted by Gasteiger charge is 2.14. The van der Waals surface area contributed by atoms with Gasteiger partial charge in [0, 0.05) is 12.3 Å². The van der Waals surface area contributed by atoms with E-state index < -0.39 is 15.9 Å². The summed E-state index contributed by atoms with van der Waals surface area (Å²) in [7, 11) is -1.45. The Morgan fingerprint density at radius 2 is 2.06 bits per heavy atom. The van der Waals surface area contributed by atoms with Crippen LogP contribution in [0.25, 0.3) is 0 Å². The van der Waals surface area contributed by atoms with Crippen LogP contribution in [0.3, 0.4) is 0 Å². The van der Waals surface area contributed by atoms with Gasteiger partial charge < -0.3 is 10.5 Å². The van der Waals surface area contributed by atoms with Crippen LogP contribution in [-0.4, -0.2) is 33.6 Å². The molecule has 2 N–H and O–H groups in total. The third-order valence-electron chi connectivity index (χ3n) is 2.43. The van der Waals surface area contributed by atoms with Crippen molar-refractivity contribution in [3.63, 3.8) is 0 Å². The standard InChI is InChI=1S/C12H19NO3S/c1-9-4-5-12(16-2)10(6-9)7-11(13)8-17(3,14)15/h4-6,11H,7-8,13H2,1-3H3. The average molecular weight is 257 g/mol. The van der Waals surface area contributed by atoms with Gasteiger partial charge in [0.15, 0.2) is 0 Å². The van der Waals surface area contributed by atoms with Crippen LogP contribution in [0.15, 0.2) is 18.2 Å². The summed E-state index contributed by atoms with van der Waals surface area (Å²) in [5, 5.41) is 0. The first kappa shape index (κ1) is 14.0. The van der Waals surface area contributed by atoms with Gasteiger partial charge in [-0.1, -0.05) is 17.7 Å². The number of methoxy groups -OCH3 is 1. The molecule has 1 atom stereocenters. The first-order chi connectivity index (χ1) is 7.81. The SMILES string of the molecule is COc1ccc(C)cc1CC(N)CS(C)(=O)=O. The Bertz CT molecular complexity index is 483. The molecule has 4 nitrogen and oxygen atoms in total. The second-order valence-electron chi connectivity index (χ2n) is 4.37. The molecule has 0 aliphatic heterocycles. The van der Waals surface area contributed by atoms with Gasteiger partial charge in [0.1, 0.15) is 15.6 Å². The van der Waals surface area contributed by atoms with E-state index in [9.17, 15) is 8.42 Å². The summed E-state index contributed by atoms with van der Waals surface area (Å²) in [5.41, 5.74) is 7.88. The predicted molar refractivity (Wildman–Crippen MR) is 69.1 cm³/mol. The van der Waals surface area contributed by atoms with Gasteiger partial charge in [-0.25, -0.2) is 8.42 Å². The van der Waals surface area contributed by atoms with Crippen LogP contribution in [0, 0.1) is 6.92 Å². The van der Waals surface area contributed by atoms with Gasteiger partial charge in [-0.05, 0) is 25.0 Å². The molecule has 1 aromatic carbocycles. The van der Waals surface area contributed by atoms with Crippen molar-refractivity contribution in [2.45, 2.75) is 19.4 Å². The van der Waals surface area contributed by atoms with E-state index in [1.807, 2.05) is 25.1 Å². The molecular formula is C12H19NO3S. The van der Waals surface area contributed by atoms with E-state index in [1.165, 1.54) is 6.26 Å². The summed E-state index contributed by atoms with van der Waals surface area (Å²) < 4.78 is 27.5. The number of aryl methyl sites for hydroxylation is 1. The van der Waals surface area contributed by atoms with Crippen LogP contribution in [-0.2, 0) is 16.3 Å². The van der Waals surface area contributed by atoms with Crippen LogP contribution in [0.2, 0.25) is 0 Å². The zero-order valence-electron chi connectivity index (χ0n) is 10.4. The molecule has 1 rings (SSSR count). The Balaban J connectivity index is 2.83. The molecule has 0 radical (unpaired) electrons. The molecule has 0 heterocycles. The van der Waals surface area contributed by atoms with Gasteiger partial charge >= 0.3 is 0 Å². The summed E-state index contributed by atoms with van der Waals surface area (Å²) in [6.45, 7) is 1.98. The monoisotopic (exact) mass is 257 g/mol. The topological polar surface area (TPSA) is 69.4 Å². The van der Waals surface area contributed by atoms with Crippen molar-refractivity contribution in [2.24, 2.45) is 5.73 Å². The largest absolute Gasteiger partial charge is 0.496 e. The minimum absolute atomic E-state index is 0.00983. The van der Waals surface area contributed by atoms with E-state index in [1.54, 1.807) is 7.11 Å². The van der Waals surface area contributed by atoms with Gasteiger partial charge in [-0.2, -0.15) is 0 Å². The first-order valence-electron chi connectivity index (χ1n) is 5.38. The minimum Gasteiger partial charge on any atom is -0.496 e. The van der Waals surface area contributed by atoms with E-state index in [4.69, 9.17) is 10.5 Å². The molecule has 0 saturated carbocycles. The van der Waals surface area contributed by atoms with Crippen LogP contribution in [0.4, 0.5) is 0 Å². The fourth-order valence-electron chi connectivity index (χ4n) is 1.80. The molecule has 0 spiro atoms. The predicted octanol–water partition coefficient (Wildman–Crippen LogP) is 0.918. The molecule has 0 amide bonds. The number of nitrogens with two attached hydrogens (primary N) is 1. The second-order valence-corrected chi connectivity index (χ2v) is 6.56. The Morgan fingerprint density at radius 3 is 2.59 bits per heavy atom. The van der Waals surface area contributed by atoms with E-state index >= 15 is 0 Å². The Morgan fingerprint density at radius 1 is 1.41 bits per heavy atom. The fraction of sp³-hybridized carbons (Fsp3) is 0.500. The van der Waals surface area contributed by atoms with Crippen LogP contribution in [0.5, 0.6) is 5.75 Å². The molecule has 0 bridgehead atoms. The number of benzene rings is 1. The van der Waals surface area contributed by atoms with Crippen molar-refractivity contribution in [3.05, 3.63) is 29.3 Å². The zero-order chi connectivity index (χ0) is 13.1. The molecule has 96 valence electrons. The normalized spacial score (nSPS) is 13.4. The van der Waals surface area contributed by atoms with Crippen LogP contribution >= 0.6 is 0 Å².